The van der Waals surface area contributed by atoms with Crippen LogP contribution in [0.15, 0.2) is 24.5 Å². The average Bonchev–Trinajstić information content (AvgIpc) is 2.01. The minimum atomic E-state index is 0.506. The van der Waals surface area contributed by atoms with Crippen molar-refractivity contribution in [3.8, 4) is 0 Å². The van der Waals surface area contributed by atoms with Gasteiger partial charge in [-0.15, -0.1) is 11.6 Å². The standard InChI is InChI=1S/C8H7Cl2N/c9-3-1-2-7-4-8(10)6-11-5-7/h1-2,4-6H,3H2. The lowest BCUT2D eigenvalue weighted by Crippen LogP contribution is -1.75. The van der Waals surface area contributed by atoms with Gasteiger partial charge in [0.1, 0.15) is 0 Å². The monoisotopic (exact) mass is 187 g/mol. The molecular formula is C8H7Cl2N. The summed E-state index contributed by atoms with van der Waals surface area (Å²) in [4.78, 5) is 3.91. The van der Waals surface area contributed by atoms with E-state index in [0.717, 1.165) is 5.56 Å². The Bertz CT molecular complexity index is 258. The van der Waals surface area contributed by atoms with Crippen LogP contribution in [-0.4, -0.2) is 10.9 Å². The molecule has 0 radical (unpaired) electrons. The fourth-order valence-electron chi connectivity index (χ4n) is 0.700. The van der Waals surface area contributed by atoms with Gasteiger partial charge < -0.3 is 0 Å². The van der Waals surface area contributed by atoms with E-state index in [1.807, 2.05) is 18.2 Å². The summed E-state index contributed by atoms with van der Waals surface area (Å²) in [6.07, 6.45) is 7.05. The van der Waals surface area contributed by atoms with Gasteiger partial charge in [0.15, 0.2) is 0 Å². The van der Waals surface area contributed by atoms with Crippen molar-refractivity contribution < 1.29 is 0 Å². The maximum absolute atomic E-state index is 5.69. The molecule has 0 aromatic carbocycles. The summed E-state index contributed by atoms with van der Waals surface area (Å²) < 4.78 is 0. The molecule has 1 heterocycles. The Morgan fingerprint density at radius 1 is 1.45 bits per heavy atom. The number of aromatic nitrogens is 1. The number of nitrogens with zero attached hydrogens (tertiary/aromatic N) is 1. The molecule has 0 saturated heterocycles. The summed E-state index contributed by atoms with van der Waals surface area (Å²) in [6, 6.07) is 1.83. The van der Waals surface area contributed by atoms with Gasteiger partial charge in [0.25, 0.3) is 0 Å². The van der Waals surface area contributed by atoms with E-state index in [-0.39, 0.29) is 0 Å². The molecule has 0 amide bonds. The number of alkyl halides is 1. The molecule has 0 unspecified atom stereocenters. The van der Waals surface area contributed by atoms with Crippen LogP contribution in [0.3, 0.4) is 0 Å². The van der Waals surface area contributed by atoms with Crippen molar-refractivity contribution in [1.29, 1.82) is 0 Å². The molecule has 0 N–H and O–H groups in total. The highest BCUT2D eigenvalue weighted by Crippen LogP contribution is 2.09. The summed E-state index contributed by atoms with van der Waals surface area (Å²) >= 11 is 11.1. The average molecular weight is 188 g/mol. The van der Waals surface area contributed by atoms with Gasteiger partial charge in [-0.3, -0.25) is 4.98 Å². The lowest BCUT2D eigenvalue weighted by molar-refractivity contribution is 1.32. The van der Waals surface area contributed by atoms with Crippen LogP contribution >= 0.6 is 23.2 Å². The second kappa shape index (κ2) is 4.37. The van der Waals surface area contributed by atoms with Gasteiger partial charge in [0.2, 0.25) is 0 Å². The van der Waals surface area contributed by atoms with Crippen LogP contribution in [0.4, 0.5) is 0 Å². The van der Waals surface area contributed by atoms with Gasteiger partial charge >= 0.3 is 0 Å². The molecule has 11 heavy (non-hydrogen) atoms. The Morgan fingerprint density at radius 3 is 2.91 bits per heavy atom. The zero-order chi connectivity index (χ0) is 8.10. The molecule has 1 aromatic rings. The van der Waals surface area contributed by atoms with Crippen LogP contribution in [0.2, 0.25) is 5.02 Å². The van der Waals surface area contributed by atoms with Crippen LogP contribution in [-0.2, 0) is 0 Å². The minimum absolute atomic E-state index is 0.506. The Balaban J connectivity index is 2.79. The molecule has 3 heteroatoms. The summed E-state index contributed by atoms with van der Waals surface area (Å²) in [6.45, 7) is 0. The van der Waals surface area contributed by atoms with E-state index in [1.165, 1.54) is 0 Å². The van der Waals surface area contributed by atoms with Gasteiger partial charge in [0.05, 0.1) is 5.02 Å². The van der Waals surface area contributed by atoms with E-state index in [4.69, 9.17) is 23.2 Å². The lowest BCUT2D eigenvalue weighted by atomic mass is 10.3. The number of pyridine rings is 1. The Hall–Kier alpha value is -0.530. The van der Waals surface area contributed by atoms with Crippen molar-refractivity contribution in [1.82, 2.24) is 4.98 Å². The number of rotatable bonds is 2. The Labute approximate surface area is 75.7 Å². The minimum Gasteiger partial charge on any atom is -0.263 e. The van der Waals surface area contributed by atoms with Crippen LogP contribution < -0.4 is 0 Å². The van der Waals surface area contributed by atoms with Crippen LogP contribution in [0.5, 0.6) is 0 Å². The molecule has 1 aromatic heterocycles. The first kappa shape index (κ1) is 8.57. The fraction of sp³-hybridized carbons (Fsp3) is 0.125. The number of hydrogen-bond acceptors (Lipinski definition) is 1. The Kier molecular flexibility index (Phi) is 3.40. The molecule has 0 atom stereocenters. The molecule has 0 aliphatic heterocycles. The van der Waals surface area contributed by atoms with E-state index >= 15 is 0 Å². The summed E-state index contributed by atoms with van der Waals surface area (Å²) in [7, 11) is 0. The predicted octanol–water partition coefficient (Wildman–Crippen LogP) is 2.99. The van der Waals surface area contributed by atoms with Crippen molar-refractivity contribution in [3.05, 3.63) is 35.1 Å². The fourth-order valence-corrected chi connectivity index (χ4v) is 0.971. The number of halogens is 2. The highest BCUT2D eigenvalue weighted by Gasteiger charge is 1.88. The second-order valence-corrected chi connectivity index (χ2v) is 2.74. The lowest BCUT2D eigenvalue weighted by Gasteiger charge is -1.91. The highest BCUT2D eigenvalue weighted by molar-refractivity contribution is 6.30. The van der Waals surface area contributed by atoms with Crippen LogP contribution in [0.1, 0.15) is 5.56 Å². The van der Waals surface area contributed by atoms with Crippen molar-refractivity contribution in [2.24, 2.45) is 0 Å². The van der Waals surface area contributed by atoms with E-state index < -0.39 is 0 Å². The summed E-state index contributed by atoms with van der Waals surface area (Å²) in [5.74, 6) is 0.506. The molecule has 0 spiro atoms. The van der Waals surface area contributed by atoms with Crippen LogP contribution in [0.25, 0.3) is 6.08 Å². The number of allylic oxidation sites excluding steroid dienone is 1. The van der Waals surface area contributed by atoms with Gasteiger partial charge in [-0.05, 0) is 11.6 Å². The summed E-state index contributed by atoms with van der Waals surface area (Å²) in [5, 5.41) is 0.640. The largest absolute Gasteiger partial charge is 0.263 e. The highest BCUT2D eigenvalue weighted by atomic mass is 35.5. The molecule has 0 aliphatic rings. The van der Waals surface area contributed by atoms with Crippen molar-refractivity contribution in [2.45, 2.75) is 0 Å². The van der Waals surface area contributed by atoms with Crippen LogP contribution in [0, 0.1) is 0 Å². The summed E-state index contributed by atoms with van der Waals surface area (Å²) in [5.41, 5.74) is 0.971. The van der Waals surface area contributed by atoms with E-state index in [0.29, 0.717) is 10.9 Å². The van der Waals surface area contributed by atoms with Gasteiger partial charge in [-0.2, -0.15) is 0 Å². The molecule has 1 rings (SSSR count). The van der Waals surface area contributed by atoms with Gasteiger partial charge in [0, 0.05) is 18.3 Å². The number of hydrogen-bond donors (Lipinski definition) is 0. The van der Waals surface area contributed by atoms with Crippen molar-refractivity contribution in [2.75, 3.05) is 5.88 Å². The SMILES string of the molecule is ClCC=Cc1cncc(Cl)c1. The zero-order valence-electron chi connectivity index (χ0n) is 5.80. The maximum atomic E-state index is 5.69. The van der Waals surface area contributed by atoms with Gasteiger partial charge in [-0.1, -0.05) is 23.8 Å². The normalized spacial score (nSPS) is 10.7. The molecule has 1 nitrogen and oxygen atoms in total. The first-order valence-corrected chi connectivity index (χ1v) is 4.07. The third-order valence-corrected chi connectivity index (χ3v) is 1.51. The molecule has 0 saturated carbocycles. The van der Waals surface area contributed by atoms with Gasteiger partial charge in [-0.25, -0.2) is 0 Å². The predicted molar refractivity (Wildman–Crippen MR) is 49.0 cm³/mol. The van der Waals surface area contributed by atoms with Crippen molar-refractivity contribution >= 4 is 29.3 Å². The molecule has 0 bridgehead atoms. The topological polar surface area (TPSA) is 12.9 Å². The first-order chi connectivity index (χ1) is 5.33. The Morgan fingerprint density at radius 2 is 2.27 bits per heavy atom. The smallest absolute Gasteiger partial charge is 0.0595 e. The zero-order valence-corrected chi connectivity index (χ0v) is 7.31. The van der Waals surface area contributed by atoms with E-state index in [1.54, 1.807) is 12.4 Å². The molecule has 58 valence electrons. The quantitative estimate of drug-likeness (QED) is 0.650. The molecule has 0 fully saturated rings. The van der Waals surface area contributed by atoms with Crippen molar-refractivity contribution in [3.63, 3.8) is 0 Å². The van der Waals surface area contributed by atoms with E-state index in [9.17, 15) is 0 Å². The first-order valence-electron chi connectivity index (χ1n) is 3.16. The second-order valence-electron chi connectivity index (χ2n) is 1.99. The van der Waals surface area contributed by atoms with E-state index in [2.05, 4.69) is 4.98 Å². The third kappa shape index (κ3) is 2.91. The third-order valence-electron chi connectivity index (χ3n) is 1.13. The molecule has 0 aliphatic carbocycles. The molecular weight excluding hydrogens is 181 g/mol. The maximum Gasteiger partial charge on any atom is 0.0595 e.